The van der Waals surface area contributed by atoms with Crippen LogP contribution < -0.4 is 5.73 Å². The molecule has 0 spiro atoms. The first-order chi connectivity index (χ1) is 16.3. The van der Waals surface area contributed by atoms with Crippen LogP contribution >= 0.6 is 0 Å². The highest BCUT2D eigenvalue weighted by Gasteiger charge is 2.34. The lowest BCUT2D eigenvalue weighted by atomic mass is 9.97. The van der Waals surface area contributed by atoms with Gasteiger partial charge in [0.2, 0.25) is 5.91 Å². The monoisotopic (exact) mass is 460 g/mol. The molecule has 34 heavy (non-hydrogen) atoms. The van der Waals surface area contributed by atoms with Crippen LogP contribution in [0.15, 0.2) is 36.4 Å². The van der Waals surface area contributed by atoms with E-state index < -0.39 is 12.1 Å². The minimum Gasteiger partial charge on any atom is -0.508 e. The number of nitrogens with zero attached hydrogens (tertiary/aromatic N) is 3. The summed E-state index contributed by atoms with van der Waals surface area (Å²) in [5, 5.41) is 27.8. The highest BCUT2D eigenvalue weighted by molar-refractivity contribution is 5.94. The van der Waals surface area contributed by atoms with Crippen LogP contribution in [0.25, 0.3) is 33.5 Å². The molecule has 176 valence electrons. The van der Waals surface area contributed by atoms with Crippen LogP contribution in [0.5, 0.6) is 5.75 Å². The van der Waals surface area contributed by atoms with E-state index in [9.17, 15) is 15.0 Å². The van der Waals surface area contributed by atoms with E-state index in [1.165, 1.54) is 6.92 Å². The maximum Gasteiger partial charge on any atom is 0.245 e. The SMILES string of the molecule is CCc1cc(O)ccc1-c1ccc2c(-c3nc4c([nH]3)CN(C(=O)[C@@](C)(N)CO)CC4)n[nH]c2c1. The Labute approximate surface area is 196 Å². The van der Waals surface area contributed by atoms with Gasteiger partial charge < -0.3 is 25.8 Å². The molecule has 1 amide bonds. The number of aromatic amines is 2. The number of aromatic hydroxyl groups is 1. The molecular formula is C25H28N6O3. The lowest BCUT2D eigenvalue weighted by molar-refractivity contribution is -0.138. The largest absolute Gasteiger partial charge is 0.508 e. The predicted molar refractivity (Wildman–Crippen MR) is 129 cm³/mol. The van der Waals surface area contributed by atoms with Crippen molar-refractivity contribution < 1.29 is 15.0 Å². The Kier molecular flexibility index (Phi) is 5.38. The number of rotatable bonds is 5. The molecule has 0 radical (unpaired) electrons. The van der Waals surface area contributed by atoms with Crippen LogP contribution in [0.1, 0.15) is 30.8 Å². The Morgan fingerprint density at radius 3 is 2.85 bits per heavy atom. The van der Waals surface area contributed by atoms with Crippen LogP contribution in [0.2, 0.25) is 0 Å². The number of fused-ring (bicyclic) bond motifs is 2. The Morgan fingerprint density at radius 1 is 1.26 bits per heavy atom. The summed E-state index contributed by atoms with van der Waals surface area (Å²) in [7, 11) is 0. The van der Waals surface area contributed by atoms with Gasteiger partial charge in [-0.25, -0.2) is 4.98 Å². The van der Waals surface area contributed by atoms with Crippen molar-refractivity contribution in [2.24, 2.45) is 5.73 Å². The second kappa shape index (κ2) is 8.27. The number of aryl methyl sites for hydroxylation is 1. The molecule has 1 atom stereocenters. The fourth-order valence-corrected chi connectivity index (χ4v) is 4.53. The molecule has 1 aliphatic rings. The first-order valence-electron chi connectivity index (χ1n) is 11.4. The fraction of sp³-hybridized carbons (Fsp3) is 0.320. The summed E-state index contributed by atoms with van der Waals surface area (Å²) in [6, 6.07) is 11.6. The number of aromatic nitrogens is 4. The number of nitrogens with one attached hydrogen (secondary N) is 2. The Balaban J connectivity index is 1.45. The zero-order valence-corrected chi connectivity index (χ0v) is 19.2. The third-order valence-corrected chi connectivity index (χ3v) is 6.50. The summed E-state index contributed by atoms with van der Waals surface area (Å²) in [5.41, 5.74) is 11.2. The number of phenols is 1. The number of hydrogen-bond acceptors (Lipinski definition) is 6. The van der Waals surface area contributed by atoms with Crippen molar-refractivity contribution in [1.29, 1.82) is 0 Å². The van der Waals surface area contributed by atoms with Gasteiger partial charge in [0.15, 0.2) is 5.82 Å². The first-order valence-corrected chi connectivity index (χ1v) is 11.4. The number of aliphatic hydroxyl groups is 1. The number of aliphatic hydroxyl groups excluding tert-OH is 1. The molecule has 3 heterocycles. The van der Waals surface area contributed by atoms with E-state index in [0.29, 0.717) is 31.0 Å². The highest BCUT2D eigenvalue weighted by Crippen LogP contribution is 2.33. The van der Waals surface area contributed by atoms with Gasteiger partial charge in [-0.2, -0.15) is 5.10 Å². The van der Waals surface area contributed by atoms with Crippen LogP contribution in [0.4, 0.5) is 0 Å². The van der Waals surface area contributed by atoms with Gasteiger partial charge in [-0.3, -0.25) is 9.89 Å². The summed E-state index contributed by atoms with van der Waals surface area (Å²) < 4.78 is 0. The van der Waals surface area contributed by atoms with Crippen LogP contribution in [0, 0.1) is 0 Å². The summed E-state index contributed by atoms with van der Waals surface area (Å²) in [6.07, 6.45) is 1.42. The summed E-state index contributed by atoms with van der Waals surface area (Å²) in [6.45, 7) is 4.06. The number of hydrogen-bond donors (Lipinski definition) is 5. The standard InChI is InChI=1S/C25H28N6O3/c1-3-14-10-16(33)5-7-17(14)15-4-6-18-20(11-15)29-30-22(18)23-27-19-8-9-31(12-21(19)28-23)24(34)25(2,26)13-32/h4-7,10-11,32-33H,3,8-9,12-13,26H2,1-2H3,(H,27,28)(H,29,30)/t25-/m0/s1. The molecule has 2 aromatic carbocycles. The van der Waals surface area contributed by atoms with Crippen LogP contribution in [-0.4, -0.2) is 59.9 Å². The number of carbonyl (C=O) groups excluding carboxylic acids is 1. The molecular weight excluding hydrogens is 432 g/mol. The van der Waals surface area contributed by atoms with Crippen molar-refractivity contribution >= 4 is 16.8 Å². The second-order valence-corrected chi connectivity index (χ2v) is 9.09. The molecule has 5 rings (SSSR count). The zero-order chi connectivity index (χ0) is 24.0. The summed E-state index contributed by atoms with van der Waals surface area (Å²) in [4.78, 5) is 22.4. The molecule has 9 nitrogen and oxygen atoms in total. The van der Waals surface area contributed by atoms with Crippen molar-refractivity contribution in [3.63, 3.8) is 0 Å². The van der Waals surface area contributed by atoms with Gasteiger partial charge in [0.25, 0.3) is 0 Å². The normalized spacial score (nSPS) is 15.4. The van der Waals surface area contributed by atoms with Crippen LogP contribution in [0.3, 0.4) is 0 Å². The number of nitrogens with two attached hydrogens (primary N) is 1. The molecule has 1 aliphatic heterocycles. The number of benzene rings is 2. The molecule has 0 aliphatic carbocycles. The predicted octanol–water partition coefficient (Wildman–Crippen LogP) is 2.48. The van der Waals surface area contributed by atoms with Gasteiger partial charge in [-0.1, -0.05) is 19.1 Å². The van der Waals surface area contributed by atoms with Gasteiger partial charge in [0, 0.05) is 18.4 Å². The lowest BCUT2D eigenvalue weighted by Crippen LogP contribution is -2.56. The Hall–Kier alpha value is -3.69. The summed E-state index contributed by atoms with van der Waals surface area (Å²) in [5.74, 6) is 0.630. The Morgan fingerprint density at radius 2 is 2.09 bits per heavy atom. The average molecular weight is 461 g/mol. The maximum absolute atomic E-state index is 12.7. The van der Waals surface area contributed by atoms with E-state index >= 15 is 0 Å². The number of amides is 1. The van der Waals surface area contributed by atoms with Gasteiger partial charge >= 0.3 is 0 Å². The van der Waals surface area contributed by atoms with Gasteiger partial charge in [0.1, 0.15) is 17.0 Å². The van der Waals surface area contributed by atoms with E-state index in [-0.39, 0.29) is 11.7 Å². The third kappa shape index (κ3) is 3.72. The molecule has 0 saturated heterocycles. The smallest absolute Gasteiger partial charge is 0.245 e. The molecule has 0 bridgehead atoms. The van der Waals surface area contributed by atoms with E-state index in [0.717, 1.165) is 45.4 Å². The van der Waals surface area contributed by atoms with Gasteiger partial charge in [-0.05, 0) is 54.3 Å². The molecule has 9 heteroatoms. The van der Waals surface area contributed by atoms with Crippen LogP contribution in [-0.2, 0) is 24.2 Å². The second-order valence-electron chi connectivity index (χ2n) is 9.09. The van der Waals surface area contributed by atoms with Crippen molar-refractivity contribution in [2.75, 3.05) is 13.2 Å². The first kappa shape index (κ1) is 22.1. The van der Waals surface area contributed by atoms with E-state index in [2.05, 4.69) is 28.2 Å². The van der Waals surface area contributed by atoms with E-state index in [1.54, 1.807) is 17.0 Å². The maximum atomic E-state index is 12.7. The molecule has 0 saturated carbocycles. The quantitative estimate of drug-likeness (QED) is 0.309. The van der Waals surface area contributed by atoms with Gasteiger partial charge in [-0.15, -0.1) is 0 Å². The number of H-pyrrole nitrogens is 2. The minimum absolute atomic E-state index is 0.264. The van der Waals surface area contributed by atoms with E-state index in [4.69, 9.17) is 10.7 Å². The topological polar surface area (TPSA) is 144 Å². The van der Waals surface area contributed by atoms with Gasteiger partial charge in [0.05, 0.1) is 30.1 Å². The molecule has 2 aromatic heterocycles. The van der Waals surface area contributed by atoms with Crippen molar-refractivity contribution in [1.82, 2.24) is 25.1 Å². The zero-order valence-electron chi connectivity index (χ0n) is 19.2. The number of phenolic OH excluding ortho intramolecular Hbond substituents is 1. The van der Waals surface area contributed by atoms with Crippen molar-refractivity contribution in [3.05, 3.63) is 53.3 Å². The average Bonchev–Trinajstić information content (AvgIpc) is 3.46. The molecule has 6 N–H and O–H groups in total. The Bertz CT molecular complexity index is 1390. The number of imidazole rings is 1. The van der Waals surface area contributed by atoms with Crippen molar-refractivity contribution in [2.45, 2.75) is 38.8 Å². The molecule has 4 aromatic rings. The van der Waals surface area contributed by atoms with Crippen molar-refractivity contribution in [3.8, 4) is 28.4 Å². The minimum atomic E-state index is -1.30. The third-order valence-electron chi connectivity index (χ3n) is 6.50. The lowest BCUT2D eigenvalue weighted by Gasteiger charge is -2.32. The molecule has 0 fully saturated rings. The fourth-order valence-electron chi connectivity index (χ4n) is 4.53. The number of carbonyl (C=O) groups is 1. The van der Waals surface area contributed by atoms with E-state index in [1.807, 2.05) is 18.2 Å². The molecule has 0 unspecified atom stereocenters. The summed E-state index contributed by atoms with van der Waals surface area (Å²) >= 11 is 0. The highest BCUT2D eigenvalue weighted by atomic mass is 16.3.